The van der Waals surface area contributed by atoms with Crippen LogP contribution in [0.4, 0.5) is 0 Å². The van der Waals surface area contributed by atoms with Crippen molar-refractivity contribution in [1.82, 2.24) is 0 Å². The van der Waals surface area contributed by atoms with Gasteiger partial charge in [0.15, 0.2) is 0 Å². The van der Waals surface area contributed by atoms with Crippen molar-refractivity contribution in [3.63, 3.8) is 0 Å². The molecule has 2 N–H and O–H groups in total. The van der Waals surface area contributed by atoms with Crippen LogP contribution in [0.2, 0.25) is 0 Å². The van der Waals surface area contributed by atoms with Gasteiger partial charge in [-0.15, -0.1) is 11.8 Å². The largest absolute Gasteiger partial charge is 0.487 e. The zero-order valence-corrected chi connectivity index (χ0v) is 13.4. The highest BCUT2D eigenvalue weighted by molar-refractivity contribution is 9.10. The second-order valence-electron chi connectivity index (χ2n) is 4.87. The standard InChI is InChI=1S/C16H16BrNOS/c17-12-6-2-1-5-11(12)9-13(18)15-10-20-16-8-4-3-7-14(16)19-15/h1-8,13,15H,9-10,18H2. The highest BCUT2D eigenvalue weighted by Crippen LogP contribution is 2.35. The van der Waals surface area contributed by atoms with E-state index in [-0.39, 0.29) is 12.1 Å². The van der Waals surface area contributed by atoms with E-state index in [0.717, 1.165) is 22.4 Å². The van der Waals surface area contributed by atoms with Crippen molar-refractivity contribution in [1.29, 1.82) is 0 Å². The fourth-order valence-electron chi connectivity index (χ4n) is 2.30. The molecule has 4 heteroatoms. The van der Waals surface area contributed by atoms with Crippen molar-refractivity contribution in [2.75, 3.05) is 5.75 Å². The predicted octanol–water partition coefficient (Wildman–Crippen LogP) is 3.87. The Morgan fingerprint density at radius 3 is 2.80 bits per heavy atom. The van der Waals surface area contributed by atoms with Gasteiger partial charge in [0, 0.05) is 21.2 Å². The average Bonchev–Trinajstić information content (AvgIpc) is 2.49. The third-order valence-electron chi connectivity index (χ3n) is 3.42. The van der Waals surface area contributed by atoms with Crippen LogP contribution in [-0.2, 0) is 6.42 Å². The van der Waals surface area contributed by atoms with Gasteiger partial charge in [-0.3, -0.25) is 0 Å². The summed E-state index contributed by atoms with van der Waals surface area (Å²) in [5.41, 5.74) is 7.58. The van der Waals surface area contributed by atoms with Gasteiger partial charge in [-0.1, -0.05) is 46.3 Å². The van der Waals surface area contributed by atoms with Crippen LogP contribution in [-0.4, -0.2) is 17.9 Å². The van der Waals surface area contributed by atoms with Crippen molar-refractivity contribution >= 4 is 27.7 Å². The molecule has 1 aliphatic heterocycles. The second-order valence-corrected chi connectivity index (χ2v) is 6.79. The molecule has 0 aromatic heterocycles. The molecule has 0 saturated heterocycles. The van der Waals surface area contributed by atoms with Crippen LogP contribution in [0.5, 0.6) is 5.75 Å². The smallest absolute Gasteiger partial charge is 0.133 e. The number of para-hydroxylation sites is 1. The van der Waals surface area contributed by atoms with Crippen molar-refractivity contribution in [3.8, 4) is 5.75 Å². The fourth-order valence-corrected chi connectivity index (χ4v) is 3.84. The molecule has 0 amide bonds. The first-order chi connectivity index (χ1) is 9.74. The maximum absolute atomic E-state index is 6.35. The van der Waals surface area contributed by atoms with E-state index >= 15 is 0 Å². The summed E-state index contributed by atoms with van der Waals surface area (Å²) in [4.78, 5) is 1.21. The molecule has 2 unspecified atom stereocenters. The number of benzene rings is 2. The predicted molar refractivity (Wildman–Crippen MR) is 87.4 cm³/mol. The van der Waals surface area contributed by atoms with Crippen molar-refractivity contribution in [2.24, 2.45) is 5.73 Å². The first kappa shape index (κ1) is 14.0. The molecule has 0 bridgehead atoms. The van der Waals surface area contributed by atoms with Gasteiger partial charge >= 0.3 is 0 Å². The van der Waals surface area contributed by atoms with E-state index in [1.807, 2.05) is 48.2 Å². The molecule has 0 saturated carbocycles. The average molecular weight is 350 g/mol. The molecule has 20 heavy (non-hydrogen) atoms. The summed E-state index contributed by atoms with van der Waals surface area (Å²) in [6.07, 6.45) is 0.872. The zero-order chi connectivity index (χ0) is 13.9. The molecule has 0 aliphatic carbocycles. The van der Waals surface area contributed by atoms with Crippen molar-refractivity contribution in [2.45, 2.75) is 23.5 Å². The molecular weight excluding hydrogens is 334 g/mol. The summed E-state index contributed by atoms with van der Waals surface area (Å²) in [6.45, 7) is 0. The molecule has 0 spiro atoms. The number of rotatable bonds is 3. The summed E-state index contributed by atoms with van der Waals surface area (Å²) in [5.74, 6) is 1.86. The number of thioether (sulfide) groups is 1. The van der Waals surface area contributed by atoms with Crippen LogP contribution in [0.1, 0.15) is 5.56 Å². The number of nitrogens with two attached hydrogens (primary N) is 1. The van der Waals surface area contributed by atoms with Gasteiger partial charge in [-0.05, 0) is 30.2 Å². The van der Waals surface area contributed by atoms with Gasteiger partial charge in [0.1, 0.15) is 11.9 Å². The summed E-state index contributed by atoms with van der Waals surface area (Å²) in [6, 6.07) is 16.4. The van der Waals surface area contributed by atoms with Gasteiger partial charge in [0.05, 0.1) is 0 Å². The van der Waals surface area contributed by atoms with E-state index < -0.39 is 0 Å². The van der Waals surface area contributed by atoms with E-state index in [4.69, 9.17) is 10.5 Å². The van der Waals surface area contributed by atoms with E-state index in [1.54, 1.807) is 0 Å². The molecule has 1 aliphatic rings. The minimum atomic E-state index is -0.00504. The lowest BCUT2D eigenvalue weighted by molar-refractivity contribution is 0.184. The zero-order valence-electron chi connectivity index (χ0n) is 11.0. The minimum absolute atomic E-state index is 0.00504. The fraction of sp³-hybridized carbons (Fsp3) is 0.250. The third kappa shape index (κ3) is 3.03. The molecule has 2 aromatic rings. The Bertz CT molecular complexity index is 605. The Morgan fingerprint density at radius 2 is 1.95 bits per heavy atom. The summed E-state index contributed by atoms with van der Waals surface area (Å²) < 4.78 is 7.16. The van der Waals surface area contributed by atoms with Gasteiger partial charge in [0.25, 0.3) is 0 Å². The van der Waals surface area contributed by atoms with E-state index in [2.05, 4.69) is 28.1 Å². The van der Waals surface area contributed by atoms with Crippen LogP contribution in [0.3, 0.4) is 0 Å². The molecule has 0 radical (unpaired) electrons. The molecule has 2 aromatic carbocycles. The lowest BCUT2D eigenvalue weighted by atomic mass is 10.0. The van der Waals surface area contributed by atoms with Crippen LogP contribution in [0.25, 0.3) is 0 Å². The third-order valence-corrected chi connectivity index (χ3v) is 5.34. The summed E-state index contributed by atoms with van der Waals surface area (Å²) >= 11 is 5.40. The number of fused-ring (bicyclic) bond motifs is 1. The van der Waals surface area contributed by atoms with Crippen LogP contribution in [0.15, 0.2) is 57.9 Å². The van der Waals surface area contributed by atoms with E-state index in [0.29, 0.717) is 0 Å². The van der Waals surface area contributed by atoms with Crippen molar-refractivity contribution < 1.29 is 4.74 Å². The second kappa shape index (κ2) is 6.20. The molecule has 104 valence electrons. The Kier molecular flexibility index (Phi) is 4.34. The van der Waals surface area contributed by atoms with Crippen LogP contribution >= 0.6 is 27.7 Å². The Balaban J connectivity index is 1.70. The lowest BCUT2D eigenvalue weighted by Crippen LogP contribution is -2.43. The minimum Gasteiger partial charge on any atom is -0.487 e. The molecule has 2 atom stereocenters. The SMILES string of the molecule is NC(Cc1ccccc1Br)C1CSc2ccccc2O1. The van der Waals surface area contributed by atoms with Gasteiger partial charge in [-0.25, -0.2) is 0 Å². The Morgan fingerprint density at radius 1 is 1.20 bits per heavy atom. The van der Waals surface area contributed by atoms with Crippen LogP contribution in [0, 0.1) is 0 Å². The first-order valence-corrected chi connectivity index (χ1v) is 8.39. The monoisotopic (exact) mass is 349 g/mol. The van der Waals surface area contributed by atoms with E-state index in [1.165, 1.54) is 10.5 Å². The molecule has 1 heterocycles. The van der Waals surface area contributed by atoms with Gasteiger partial charge in [-0.2, -0.15) is 0 Å². The van der Waals surface area contributed by atoms with Gasteiger partial charge < -0.3 is 10.5 Å². The lowest BCUT2D eigenvalue weighted by Gasteiger charge is -2.30. The maximum Gasteiger partial charge on any atom is 0.133 e. The normalized spacial score (nSPS) is 19.0. The number of hydrogen-bond acceptors (Lipinski definition) is 3. The first-order valence-electron chi connectivity index (χ1n) is 6.61. The summed E-state index contributed by atoms with van der Waals surface area (Å²) in [5, 5.41) is 0. The number of hydrogen-bond donors (Lipinski definition) is 1. The van der Waals surface area contributed by atoms with Crippen molar-refractivity contribution in [3.05, 3.63) is 58.6 Å². The van der Waals surface area contributed by atoms with Crippen LogP contribution < -0.4 is 10.5 Å². The number of halogens is 1. The Labute approximate surface area is 131 Å². The molecular formula is C16H16BrNOS. The highest BCUT2D eigenvalue weighted by Gasteiger charge is 2.26. The van der Waals surface area contributed by atoms with E-state index in [9.17, 15) is 0 Å². The summed E-state index contributed by atoms with van der Waals surface area (Å²) in [7, 11) is 0. The van der Waals surface area contributed by atoms with Gasteiger partial charge in [0.2, 0.25) is 0 Å². The quantitative estimate of drug-likeness (QED) is 0.913. The molecule has 2 nitrogen and oxygen atoms in total. The maximum atomic E-state index is 6.35. The number of ether oxygens (including phenoxy) is 1. The molecule has 0 fully saturated rings. The molecule has 3 rings (SSSR count). The topological polar surface area (TPSA) is 35.2 Å². The highest BCUT2D eigenvalue weighted by atomic mass is 79.9. The Hall–Kier alpha value is -0.970.